The molecule has 1 aliphatic rings. The van der Waals surface area contributed by atoms with Gasteiger partial charge in [0.05, 0.1) is 6.61 Å². The number of aliphatic hydroxyl groups excluding tert-OH is 1. The predicted octanol–water partition coefficient (Wildman–Crippen LogP) is 1.14. The molecule has 0 saturated heterocycles. The Morgan fingerprint density at radius 1 is 1.33 bits per heavy atom. The maximum absolute atomic E-state index is 11.9. The van der Waals surface area contributed by atoms with Crippen molar-refractivity contribution in [2.45, 2.75) is 24.9 Å². The van der Waals surface area contributed by atoms with Crippen LogP contribution in [-0.2, 0) is 6.54 Å². The van der Waals surface area contributed by atoms with Crippen molar-refractivity contribution in [3.05, 3.63) is 46.2 Å². The van der Waals surface area contributed by atoms with Crippen LogP contribution in [0.15, 0.2) is 35.1 Å². The molecule has 1 aliphatic carbocycles. The normalized spacial score (nSPS) is 16.9. The van der Waals surface area contributed by atoms with Crippen LogP contribution in [0.1, 0.15) is 18.4 Å². The van der Waals surface area contributed by atoms with Gasteiger partial charge >= 0.3 is 0 Å². The van der Waals surface area contributed by atoms with E-state index in [1.807, 2.05) is 30.3 Å². The molecule has 3 rings (SSSR count). The van der Waals surface area contributed by atoms with E-state index < -0.39 is 0 Å². The standard InChI is InChI=1S/C14H16N2O2/c17-9-14(5-6-14)15-8-11-7-10-3-1-2-4-12(10)16-13(11)18/h1-4,7,15,17H,5-6,8-9H2,(H,16,18). The van der Waals surface area contributed by atoms with Crippen molar-refractivity contribution in [3.8, 4) is 0 Å². The van der Waals surface area contributed by atoms with E-state index in [-0.39, 0.29) is 17.7 Å². The van der Waals surface area contributed by atoms with Gasteiger partial charge in [-0.25, -0.2) is 0 Å². The highest BCUT2D eigenvalue weighted by Crippen LogP contribution is 2.34. The molecular formula is C14H16N2O2. The van der Waals surface area contributed by atoms with Crippen LogP contribution in [0.25, 0.3) is 10.9 Å². The van der Waals surface area contributed by atoms with E-state index in [4.69, 9.17) is 0 Å². The first-order valence-electron chi connectivity index (χ1n) is 6.19. The maximum Gasteiger partial charge on any atom is 0.252 e. The third kappa shape index (κ3) is 2.05. The van der Waals surface area contributed by atoms with Crippen LogP contribution in [0.2, 0.25) is 0 Å². The number of benzene rings is 1. The summed E-state index contributed by atoms with van der Waals surface area (Å²) in [6, 6.07) is 9.64. The molecule has 0 unspecified atom stereocenters. The second-order valence-electron chi connectivity index (χ2n) is 5.00. The molecular weight excluding hydrogens is 228 g/mol. The molecule has 2 aromatic rings. The lowest BCUT2D eigenvalue weighted by atomic mass is 10.1. The van der Waals surface area contributed by atoms with Gasteiger partial charge in [-0.15, -0.1) is 0 Å². The third-order valence-corrected chi connectivity index (χ3v) is 3.64. The van der Waals surface area contributed by atoms with E-state index in [9.17, 15) is 9.90 Å². The summed E-state index contributed by atoms with van der Waals surface area (Å²) in [5.41, 5.74) is 1.37. The number of rotatable bonds is 4. The van der Waals surface area contributed by atoms with Crippen molar-refractivity contribution >= 4 is 10.9 Å². The van der Waals surface area contributed by atoms with Gasteiger partial charge in [0.1, 0.15) is 0 Å². The summed E-state index contributed by atoms with van der Waals surface area (Å²) in [7, 11) is 0. The highest BCUT2D eigenvalue weighted by molar-refractivity contribution is 5.78. The molecule has 1 fully saturated rings. The van der Waals surface area contributed by atoms with Gasteiger partial charge in [-0.1, -0.05) is 18.2 Å². The van der Waals surface area contributed by atoms with Crippen molar-refractivity contribution in [2.75, 3.05) is 6.61 Å². The van der Waals surface area contributed by atoms with E-state index in [1.54, 1.807) is 0 Å². The van der Waals surface area contributed by atoms with E-state index in [2.05, 4.69) is 10.3 Å². The average Bonchev–Trinajstić information content (AvgIpc) is 3.17. The van der Waals surface area contributed by atoms with Crippen molar-refractivity contribution in [1.29, 1.82) is 0 Å². The van der Waals surface area contributed by atoms with Crippen LogP contribution in [0.5, 0.6) is 0 Å². The summed E-state index contributed by atoms with van der Waals surface area (Å²) in [4.78, 5) is 14.8. The van der Waals surface area contributed by atoms with Crippen molar-refractivity contribution in [1.82, 2.24) is 10.3 Å². The Bertz CT molecular complexity index is 629. The van der Waals surface area contributed by atoms with E-state index in [1.165, 1.54) is 0 Å². The minimum atomic E-state index is -0.141. The Labute approximate surface area is 105 Å². The van der Waals surface area contributed by atoms with Crippen molar-refractivity contribution in [3.63, 3.8) is 0 Å². The molecule has 0 atom stereocenters. The first-order valence-corrected chi connectivity index (χ1v) is 6.19. The second-order valence-corrected chi connectivity index (χ2v) is 5.00. The first kappa shape index (κ1) is 11.4. The molecule has 1 aromatic heterocycles. The number of hydrogen-bond acceptors (Lipinski definition) is 3. The lowest BCUT2D eigenvalue weighted by Gasteiger charge is -2.13. The molecule has 4 nitrogen and oxygen atoms in total. The van der Waals surface area contributed by atoms with Gasteiger partial charge in [0, 0.05) is 23.2 Å². The monoisotopic (exact) mass is 244 g/mol. The number of hydrogen-bond donors (Lipinski definition) is 3. The lowest BCUT2D eigenvalue weighted by molar-refractivity contribution is 0.229. The summed E-state index contributed by atoms with van der Waals surface area (Å²) in [5, 5.41) is 13.5. The van der Waals surface area contributed by atoms with Gasteiger partial charge in [-0.3, -0.25) is 4.79 Å². The molecule has 4 heteroatoms. The molecule has 0 aliphatic heterocycles. The lowest BCUT2D eigenvalue weighted by Crippen LogP contribution is -2.35. The number of aromatic nitrogens is 1. The SMILES string of the molecule is O=c1[nH]c2ccccc2cc1CNC1(CO)CC1. The van der Waals surface area contributed by atoms with Crippen LogP contribution < -0.4 is 10.9 Å². The van der Waals surface area contributed by atoms with Gasteiger partial charge < -0.3 is 15.4 Å². The Morgan fingerprint density at radius 2 is 2.11 bits per heavy atom. The molecule has 3 N–H and O–H groups in total. The van der Waals surface area contributed by atoms with Crippen LogP contribution in [0, 0.1) is 0 Å². The Morgan fingerprint density at radius 3 is 2.83 bits per heavy atom. The average molecular weight is 244 g/mol. The summed E-state index contributed by atoms with van der Waals surface area (Å²) in [5.74, 6) is 0. The molecule has 0 bridgehead atoms. The van der Waals surface area contributed by atoms with Gasteiger partial charge in [0.2, 0.25) is 0 Å². The number of para-hydroxylation sites is 1. The van der Waals surface area contributed by atoms with Crippen molar-refractivity contribution < 1.29 is 5.11 Å². The van der Waals surface area contributed by atoms with Crippen LogP contribution in [0.4, 0.5) is 0 Å². The highest BCUT2D eigenvalue weighted by atomic mass is 16.3. The number of pyridine rings is 1. The molecule has 0 radical (unpaired) electrons. The topological polar surface area (TPSA) is 65.1 Å². The summed E-state index contributed by atoms with van der Waals surface area (Å²) < 4.78 is 0. The number of fused-ring (bicyclic) bond motifs is 1. The molecule has 0 amide bonds. The minimum Gasteiger partial charge on any atom is -0.394 e. The summed E-state index contributed by atoms with van der Waals surface area (Å²) in [6.45, 7) is 0.638. The van der Waals surface area contributed by atoms with E-state index in [0.717, 1.165) is 23.7 Å². The van der Waals surface area contributed by atoms with Crippen LogP contribution in [0.3, 0.4) is 0 Å². The van der Waals surface area contributed by atoms with Crippen LogP contribution in [-0.4, -0.2) is 22.2 Å². The summed E-state index contributed by atoms with van der Waals surface area (Å²) >= 11 is 0. The van der Waals surface area contributed by atoms with E-state index in [0.29, 0.717) is 12.1 Å². The zero-order valence-corrected chi connectivity index (χ0v) is 10.1. The number of nitrogens with one attached hydrogen (secondary N) is 2. The quantitative estimate of drug-likeness (QED) is 0.755. The molecule has 94 valence electrons. The van der Waals surface area contributed by atoms with Gasteiger partial charge in [0.15, 0.2) is 0 Å². The predicted molar refractivity (Wildman–Crippen MR) is 70.5 cm³/mol. The van der Waals surface area contributed by atoms with Gasteiger partial charge in [-0.2, -0.15) is 0 Å². The fourth-order valence-corrected chi connectivity index (χ4v) is 2.15. The minimum absolute atomic E-state index is 0.0602. The molecule has 1 heterocycles. The number of aliphatic hydroxyl groups is 1. The zero-order valence-electron chi connectivity index (χ0n) is 10.1. The fraction of sp³-hybridized carbons (Fsp3) is 0.357. The highest BCUT2D eigenvalue weighted by Gasteiger charge is 2.41. The smallest absolute Gasteiger partial charge is 0.252 e. The molecule has 18 heavy (non-hydrogen) atoms. The number of H-pyrrole nitrogens is 1. The Kier molecular flexibility index (Phi) is 2.69. The van der Waals surface area contributed by atoms with Crippen LogP contribution >= 0.6 is 0 Å². The molecule has 1 saturated carbocycles. The van der Waals surface area contributed by atoms with Gasteiger partial charge in [-0.05, 0) is 30.4 Å². The largest absolute Gasteiger partial charge is 0.394 e. The van der Waals surface area contributed by atoms with Gasteiger partial charge in [0.25, 0.3) is 5.56 Å². The van der Waals surface area contributed by atoms with Crippen molar-refractivity contribution in [2.24, 2.45) is 0 Å². The summed E-state index contributed by atoms with van der Waals surface area (Å²) in [6.07, 6.45) is 1.96. The maximum atomic E-state index is 11.9. The first-order chi connectivity index (χ1) is 8.72. The van der Waals surface area contributed by atoms with E-state index >= 15 is 0 Å². The number of aromatic amines is 1. The Balaban J connectivity index is 1.87. The molecule has 0 spiro atoms. The zero-order chi connectivity index (χ0) is 12.6. The fourth-order valence-electron chi connectivity index (χ4n) is 2.15. The Hall–Kier alpha value is -1.65. The second kappa shape index (κ2) is 4.23. The molecule has 1 aromatic carbocycles. The third-order valence-electron chi connectivity index (χ3n) is 3.64.